The minimum atomic E-state index is -2.89. The average molecular weight is 552 g/mol. The second-order valence-corrected chi connectivity index (χ2v) is 7.88. The van der Waals surface area contributed by atoms with Gasteiger partial charge < -0.3 is 25.0 Å². The second kappa shape index (κ2) is 13.2. The van der Waals surface area contributed by atoms with Crippen molar-refractivity contribution >= 4 is 29.9 Å². The maximum atomic E-state index is 12.9. The van der Waals surface area contributed by atoms with E-state index in [2.05, 4.69) is 20.5 Å². The van der Waals surface area contributed by atoms with Crippen LogP contribution in [0.1, 0.15) is 51.5 Å². The lowest BCUT2D eigenvalue weighted by Gasteiger charge is -2.33. The van der Waals surface area contributed by atoms with Gasteiger partial charge >= 0.3 is 6.61 Å². The van der Waals surface area contributed by atoms with E-state index < -0.39 is 6.61 Å². The number of nitrogens with zero attached hydrogens (tertiary/aromatic N) is 2. The summed E-state index contributed by atoms with van der Waals surface area (Å²) in [5.74, 6) is 1.33. The van der Waals surface area contributed by atoms with E-state index in [0.717, 1.165) is 44.9 Å². The van der Waals surface area contributed by atoms with Crippen LogP contribution >= 0.6 is 24.0 Å². The van der Waals surface area contributed by atoms with Gasteiger partial charge in [-0.05, 0) is 51.2 Å². The van der Waals surface area contributed by atoms with E-state index in [-0.39, 0.29) is 36.3 Å². The van der Waals surface area contributed by atoms with Gasteiger partial charge in [-0.25, -0.2) is 4.99 Å². The summed E-state index contributed by atoms with van der Waals surface area (Å²) in [5.41, 5.74) is 0.597. The summed E-state index contributed by atoms with van der Waals surface area (Å²) < 4.78 is 36.0. The molecule has 0 spiro atoms. The summed E-state index contributed by atoms with van der Waals surface area (Å²) in [5, 5.41) is 6.76. The van der Waals surface area contributed by atoms with E-state index in [1.54, 1.807) is 12.1 Å². The molecule has 1 saturated carbocycles. The fourth-order valence-corrected chi connectivity index (χ4v) is 3.71. The third-order valence-electron chi connectivity index (χ3n) is 5.41. The van der Waals surface area contributed by atoms with Crippen molar-refractivity contribution in [3.8, 4) is 11.5 Å². The van der Waals surface area contributed by atoms with Crippen molar-refractivity contribution in [3.05, 3.63) is 23.8 Å². The van der Waals surface area contributed by atoms with Crippen LogP contribution in [0.2, 0.25) is 0 Å². The van der Waals surface area contributed by atoms with Crippen LogP contribution < -0.4 is 20.1 Å². The monoisotopic (exact) mass is 552 g/mol. The molecule has 3 rings (SSSR count). The van der Waals surface area contributed by atoms with Gasteiger partial charge in [-0.1, -0.05) is 6.92 Å². The Bertz CT molecular complexity index is 696. The van der Waals surface area contributed by atoms with E-state index in [1.807, 2.05) is 13.8 Å². The number of halogens is 3. The zero-order valence-electron chi connectivity index (χ0n) is 18.4. The molecule has 2 fully saturated rings. The molecular formula is C22H35F2IN4O2. The zero-order chi connectivity index (χ0) is 21.3. The lowest BCUT2D eigenvalue weighted by atomic mass is 10.1. The van der Waals surface area contributed by atoms with Gasteiger partial charge in [-0.15, -0.1) is 24.0 Å². The molecule has 1 aromatic rings. The van der Waals surface area contributed by atoms with Crippen LogP contribution in [-0.2, 0) is 6.54 Å². The van der Waals surface area contributed by atoms with Crippen LogP contribution in [0, 0.1) is 0 Å². The summed E-state index contributed by atoms with van der Waals surface area (Å²) in [6.07, 6.45) is 5.70. The SMILES string of the molecule is CCCOc1ccc(CN=C(NCC)NC2CCN(C3CC3)CC2)c(OC(F)F)c1.I. The highest BCUT2D eigenvalue weighted by molar-refractivity contribution is 14.0. The molecule has 176 valence electrons. The first kappa shape index (κ1) is 25.9. The lowest BCUT2D eigenvalue weighted by Crippen LogP contribution is -2.49. The van der Waals surface area contributed by atoms with Gasteiger partial charge in [0.05, 0.1) is 13.2 Å². The summed E-state index contributed by atoms with van der Waals surface area (Å²) in [7, 11) is 0. The van der Waals surface area contributed by atoms with Crippen molar-refractivity contribution in [3.63, 3.8) is 0 Å². The number of hydrogen-bond donors (Lipinski definition) is 2. The highest BCUT2D eigenvalue weighted by Gasteiger charge is 2.31. The van der Waals surface area contributed by atoms with Crippen molar-refractivity contribution < 1.29 is 18.3 Å². The molecule has 0 amide bonds. The molecule has 1 heterocycles. The molecule has 2 aliphatic rings. The van der Waals surface area contributed by atoms with Crippen molar-refractivity contribution in [2.24, 2.45) is 4.99 Å². The smallest absolute Gasteiger partial charge is 0.387 e. The number of aliphatic imine (C=N–C) groups is 1. The number of rotatable bonds is 10. The maximum absolute atomic E-state index is 12.9. The molecule has 0 radical (unpaired) electrons. The van der Waals surface area contributed by atoms with Crippen LogP contribution in [0.5, 0.6) is 11.5 Å². The lowest BCUT2D eigenvalue weighted by molar-refractivity contribution is -0.0505. The molecule has 31 heavy (non-hydrogen) atoms. The van der Waals surface area contributed by atoms with E-state index in [1.165, 1.54) is 18.9 Å². The molecule has 0 unspecified atom stereocenters. The predicted octanol–water partition coefficient (Wildman–Crippen LogP) is 4.38. The zero-order valence-corrected chi connectivity index (χ0v) is 20.7. The Labute approximate surface area is 201 Å². The molecular weight excluding hydrogens is 517 g/mol. The van der Waals surface area contributed by atoms with Gasteiger partial charge in [0.15, 0.2) is 5.96 Å². The average Bonchev–Trinajstić information content (AvgIpc) is 3.57. The number of likely N-dealkylation sites (tertiary alicyclic amines) is 1. The standard InChI is InChI=1S/C22H34F2N4O2.HI/c1-3-13-29-19-8-5-16(20(14-19)30-21(23)24)15-26-22(25-4-2)27-17-9-11-28(12-10-17)18-6-7-18;/h5,8,14,17-18,21H,3-4,6-7,9-13,15H2,1-2H3,(H2,25,26,27);1H. The summed E-state index contributed by atoms with van der Waals surface area (Å²) in [6.45, 7) is 4.85. The predicted molar refractivity (Wildman–Crippen MR) is 130 cm³/mol. The van der Waals surface area contributed by atoms with Gasteiger partial charge in [-0.2, -0.15) is 8.78 Å². The van der Waals surface area contributed by atoms with Gasteiger partial charge in [0.25, 0.3) is 0 Å². The summed E-state index contributed by atoms with van der Waals surface area (Å²) in [6, 6.07) is 6.21. The number of hydrogen-bond acceptors (Lipinski definition) is 4. The molecule has 1 saturated heterocycles. The van der Waals surface area contributed by atoms with Gasteiger partial charge in [0.2, 0.25) is 0 Å². The Kier molecular flexibility index (Phi) is 11.1. The first-order valence-electron chi connectivity index (χ1n) is 11.1. The number of guanidine groups is 1. The van der Waals surface area contributed by atoms with Gasteiger partial charge in [0.1, 0.15) is 11.5 Å². The third-order valence-corrected chi connectivity index (χ3v) is 5.41. The fourth-order valence-electron chi connectivity index (χ4n) is 3.71. The van der Waals surface area contributed by atoms with Crippen LogP contribution in [0.4, 0.5) is 8.78 Å². The minimum Gasteiger partial charge on any atom is -0.493 e. The molecule has 1 aromatic carbocycles. The van der Waals surface area contributed by atoms with Crippen molar-refractivity contribution in [1.29, 1.82) is 0 Å². The number of ether oxygens (including phenoxy) is 2. The van der Waals surface area contributed by atoms with E-state index in [4.69, 9.17) is 9.47 Å². The first-order valence-corrected chi connectivity index (χ1v) is 11.1. The van der Waals surface area contributed by atoms with Gasteiger partial charge in [-0.3, -0.25) is 0 Å². The topological polar surface area (TPSA) is 58.1 Å². The minimum absolute atomic E-state index is 0. The summed E-state index contributed by atoms with van der Waals surface area (Å²) in [4.78, 5) is 7.20. The largest absolute Gasteiger partial charge is 0.493 e. The van der Waals surface area contributed by atoms with Crippen LogP contribution in [0.15, 0.2) is 23.2 Å². The fraction of sp³-hybridized carbons (Fsp3) is 0.682. The van der Waals surface area contributed by atoms with Crippen molar-refractivity contribution in [1.82, 2.24) is 15.5 Å². The molecule has 0 aromatic heterocycles. The molecule has 1 aliphatic carbocycles. The molecule has 0 bridgehead atoms. The number of alkyl halides is 2. The van der Waals surface area contributed by atoms with Crippen molar-refractivity contribution in [2.45, 2.75) is 71.2 Å². The Hall–Kier alpha value is -1.36. The van der Waals surface area contributed by atoms with Crippen LogP contribution in [0.3, 0.4) is 0 Å². The highest BCUT2D eigenvalue weighted by atomic mass is 127. The Balaban J connectivity index is 0.00000341. The van der Waals surface area contributed by atoms with E-state index >= 15 is 0 Å². The van der Waals surface area contributed by atoms with E-state index in [9.17, 15) is 8.78 Å². The highest BCUT2D eigenvalue weighted by Crippen LogP contribution is 2.29. The quantitative estimate of drug-likeness (QED) is 0.257. The van der Waals surface area contributed by atoms with Crippen LogP contribution in [0.25, 0.3) is 0 Å². The summed E-state index contributed by atoms with van der Waals surface area (Å²) >= 11 is 0. The number of piperidine rings is 1. The number of benzene rings is 1. The molecule has 9 heteroatoms. The van der Waals surface area contributed by atoms with Gasteiger partial charge in [0, 0.05) is 43.3 Å². The Morgan fingerprint density at radius 1 is 1.19 bits per heavy atom. The normalized spacial score (nSPS) is 17.9. The molecule has 2 N–H and O–H groups in total. The third kappa shape index (κ3) is 8.59. The maximum Gasteiger partial charge on any atom is 0.387 e. The second-order valence-electron chi connectivity index (χ2n) is 7.88. The molecule has 1 aliphatic heterocycles. The Morgan fingerprint density at radius 2 is 1.94 bits per heavy atom. The first-order chi connectivity index (χ1) is 14.6. The molecule has 6 nitrogen and oxygen atoms in total. The Morgan fingerprint density at radius 3 is 2.55 bits per heavy atom. The molecule has 0 atom stereocenters. The van der Waals surface area contributed by atoms with Crippen LogP contribution in [-0.4, -0.2) is 55.8 Å². The number of nitrogens with one attached hydrogen (secondary N) is 2. The van der Waals surface area contributed by atoms with E-state index in [0.29, 0.717) is 29.9 Å². The van der Waals surface area contributed by atoms with Crippen molar-refractivity contribution in [2.75, 3.05) is 26.2 Å².